The summed E-state index contributed by atoms with van der Waals surface area (Å²) in [5, 5.41) is 0. The van der Waals surface area contributed by atoms with E-state index in [2.05, 4.69) is 0 Å². The molecule has 1 aromatic rings. The first kappa shape index (κ1) is 12.8. The van der Waals surface area contributed by atoms with Gasteiger partial charge in [-0.3, -0.25) is 4.79 Å². The normalized spacial score (nSPS) is 16.9. The van der Waals surface area contributed by atoms with Gasteiger partial charge in [0.25, 0.3) is 15.9 Å². The van der Waals surface area contributed by atoms with Gasteiger partial charge in [0.15, 0.2) is 0 Å². The molecule has 0 bridgehead atoms. The van der Waals surface area contributed by atoms with Gasteiger partial charge in [-0.15, -0.1) is 0 Å². The summed E-state index contributed by atoms with van der Waals surface area (Å²) in [6.45, 7) is 2.48. The lowest BCUT2D eigenvalue weighted by Crippen LogP contribution is -2.33. The highest BCUT2D eigenvalue weighted by molar-refractivity contribution is 7.90. The number of nitrogens with zero attached hydrogens (tertiary/aromatic N) is 1. The second kappa shape index (κ2) is 4.58. The Kier molecular flexibility index (Phi) is 3.27. The van der Waals surface area contributed by atoms with Crippen molar-refractivity contribution in [1.29, 1.82) is 0 Å². The molecule has 0 saturated heterocycles. The lowest BCUT2D eigenvalue weighted by molar-refractivity contribution is 0.0810. The number of amides is 1. The Hall–Kier alpha value is -1.60. The van der Waals surface area contributed by atoms with Crippen LogP contribution in [0.4, 0.5) is 5.69 Å². The summed E-state index contributed by atoms with van der Waals surface area (Å²) >= 11 is 0. The second-order valence-corrected chi connectivity index (χ2v) is 5.67. The van der Waals surface area contributed by atoms with Crippen LogP contribution in [-0.2, 0) is 14.8 Å². The third kappa shape index (κ3) is 1.95. The number of ether oxygens (including phenoxy) is 1. The van der Waals surface area contributed by atoms with E-state index in [0.717, 1.165) is 4.31 Å². The predicted molar refractivity (Wildman–Crippen MR) is 65.6 cm³/mol. The van der Waals surface area contributed by atoms with E-state index in [9.17, 15) is 13.2 Å². The number of nitrogen functional groups attached to an aromatic ring is 1. The van der Waals surface area contributed by atoms with Gasteiger partial charge in [0.2, 0.25) is 0 Å². The van der Waals surface area contributed by atoms with Crippen LogP contribution in [0.15, 0.2) is 23.1 Å². The minimum Gasteiger partial charge on any atom is -0.399 e. The molecule has 0 aromatic heterocycles. The molecule has 2 N–H and O–H groups in total. The van der Waals surface area contributed by atoms with Crippen molar-refractivity contribution in [1.82, 2.24) is 4.31 Å². The fraction of sp³-hybridized carbons (Fsp3) is 0.364. The zero-order chi connectivity index (χ0) is 13.3. The van der Waals surface area contributed by atoms with E-state index < -0.39 is 15.9 Å². The molecule has 0 fully saturated rings. The monoisotopic (exact) mass is 270 g/mol. The van der Waals surface area contributed by atoms with Crippen molar-refractivity contribution < 1.29 is 17.9 Å². The number of anilines is 1. The summed E-state index contributed by atoms with van der Waals surface area (Å²) in [4.78, 5) is 11.9. The van der Waals surface area contributed by atoms with Crippen LogP contribution in [0.3, 0.4) is 0 Å². The molecule has 1 aromatic carbocycles. The van der Waals surface area contributed by atoms with Gasteiger partial charge in [0, 0.05) is 12.3 Å². The van der Waals surface area contributed by atoms with E-state index in [1.54, 1.807) is 6.92 Å². The van der Waals surface area contributed by atoms with E-state index in [0.29, 0.717) is 12.3 Å². The van der Waals surface area contributed by atoms with Crippen molar-refractivity contribution in [3.8, 4) is 0 Å². The molecule has 18 heavy (non-hydrogen) atoms. The van der Waals surface area contributed by atoms with Gasteiger partial charge in [-0.05, 0) is 25.1 Å². The average Bonchev–Trinajstić information content (AvgIpc) is 2.50. The lowest BCUT2D eigenvalue weighted by atomic mass is 10.2. The van der Waals surface area contributed by atoms with Crippen LogP contribution in [-0.4, -0.2) is 38.4 Å². The van der Waals surface area contributed by atoms with E-state index in [1.807, 2.05) is 0 Å². The molecule has 1 heterocycles. The molecule has 2 rings (SSSR count). The van der Waals surface area contributed by atoms with Crippen molar-refractivity contribution >= 4 is 21.6 Å². The molecular weight excluding hydrogens is 256 g/mol. The molecule has 0 atom stereocenters. The molecule has 7 heteroatoms. The van der Waals surface area contributed by atoms with Crippen molar-refractivity contribution in [2.45, 2.75) is 11.8 Å². The summed E-state index contributed by atoms with van der Waals surface area (Å²) in [6.07, 6.45) is 0. The van der Waals surface area contributed by atoms with Gasteiger partial charge in [0.1, 0.15) is 4.90 Å². The Balaban J connectivity index is 2.36. The summed E-state index contributed by atoms with van der Waals surface area (Å²) in [5.74, 6) is -0.523. The molecule has 6 nitrogen and oxygen atoms in total. The van der Waals surface area contributed by atoms with Crippen LogP contribution >= 0.6 is 0 Å². The first-order valence-electron chi connectivity index (χ1n) is 5.53. The molecule has 1 aliphatic rings. The molecule has 0 unspecified atom stereocenters. The fourth-order valence-electron chi connectivity index (χ4n) is 1.80. The predicted octanol–water partition coefficient (Wildman–Crippen LogP) is 0.450. The summed E-state index contributed by atoms with van der Waals surface area (Å²) in [7, 11) is -3.77. The Morgan fingerprint density at radius 2 is 2.11 bits per heavy atom. The molecule has 0 saturated carbocycles. The SMILES string of the molecule is CCOCCN1C(=O)c2ccc(N)cc2S1(=O)=O. The first-order valence-corrected chi connectivity index (χ1v) is 6.97. The average molecular weight is 270 g/mol. The number of carbonyl (C=O) groups excluding carboxylic acids is 1. The number of carbonyl (C=O) groups is 1. The second-order valence-electron chi connectivity index (χ2n) is 3.83. The highest BCUT2D eigenvalue weighted by Crippen LogP contribution is 2.31. The molecule has 1 aliphatic heterocycles. The summed E-state index contributed by atoms with van der Waals surface area (Å²) in [5.41, 5.74) is 6.03. The fourth-order valence-corrected chi connectivity index (χ4v) is 3.39. The van der Waals surface area contributed by atoms with Crippen molar-refractivity contribution in [2.75, 3.05) is 25.5 Å². The number of sulfonamides is 1. The topological polar surface area (TPSA) is 89.7 Å². The molecule has 98 valence electrons. The maximum atomic E-state index is 12.1. The van der Waals surface area contributed by atoms with Crippen LogP contribution in [0.5, 0.6) is 0 Å². The first-order chi connectivity index (χ1) is 8.48. The van der Waals surface area contributed by atoms with Gasteiger partial charge in [-0.25, -0.2) is 12.7 Å². The Morgan fingerprint density at radius 3 is 2.78 bits per heavy atom. The number of hydrogen-bond acceptors (Lipinski definition) is 5. The number of rotatable bonds is 4. The summed E-state index contributed by atoms with van der Waals surface area (Å²) < 4.78 is 30.2. The maximum Gasteiger partial charge on any atom is 0.269 e. The van der Waals surface area contributed by atoms with Gasteiger partial charge >= 0.3 is 0 Å². The largest absolute Gasteiger partial charge is 0.399 e. The van der Waals surface area contributed by atoms with E-state index in [1.165, 1.54) is 18.2 Å². The van der Waals surface area contributed by atoms with E-state index in [4.69, 9.17) is 10.5 Å². The van der Waals surface area contributed by atoms with Crippen molar-refractivity contribution in [3.05, 3.63) is 23.8 Å². The number of benzene rings is 1. The van der Waals surface area contributed by atoms with Gasteiger partial charge in [-0.1, -0.05) is 0 Å². The van der Waals surface area contributed by atoms with E-state index in [-0.39, 0.29) is 23.6 Å². The Morgan fingerprint density at radius 1 is 1.39 bits per heavy atom. The third-order valence-electron chi connectivity index (χ3n) is 2.67. The Labute approximate surface area is 105 Å². The molecule has 1 amide bonds. The quantitative estimate of drug-likeness (QED) is 0.633. The smallest absolute Gasteiger partial charge is 0.269 e. The van der Waals surface area contributed by atoms with Crippen LogP contribution in [0, 0.1) is 0 Å². The van der Waals surface area contributed by atoms with Gasteiger partial charge in [0.05, 0.1) is 18.7 Å². The highest BCUT2D eigenvalue weighted by atomic mass is 32.2. The minimum atomic E-state index is -3.77. The number of hydrogen-bond donors (Lipinski definition) is 1. The van der Waals surface area contributed by atoms with E-state index >= 15 is 0 Å². The van der Waals surface area contributed by atoms with Crippen LogP contribution in [0.2, 0.25) is 0 Å². The van der Waals surface area contributed by atoms with Gasteiger partial charge < -0.3 is 10.5 Å². The minimum absolute atomic E-state index is 0.0175. The number of nitrogens with two attached hydrogens (primary N) is 1. The summed E-state index contributed by atoms with van der Waals surface area (Å²) in [6, 6.07) is 4.26. The zero-order valence-electron chi connectivity index (χ0n) is 9.92. The van der Waals surface area contributed by atoms with Crippen LogP contribution < -0.4 is 5.73 Å². The highest BCUT2D eigenvalue weighted by Gasteiger charge is 2.40. The van der Waals surface area contributed by atoms with Crippen molar-refractivity contribution in [3.63, 3.8) is 0 Å². The molecule has 0 radical (unpaired) electrons. The molecular formula is C11H14N2O4S. The molecule has 0 spiro atoms. The van der Waals surface area contributed by atoms with Gasteiger partial charge in [-0.2, -0.15) is 0 Å². The Bertz CT molecular complexity index is 583. The lowest BCUT2D eigenvalue weighted by Gasteiger charge is -2.14. The third-order valence-corrected chi connectivity index (χ3v) is 4.50. The zero-order valence-corrected chi connectivity index (χ0v) is 10.7. The van der Waals surface area contributed by atoms with Crippen molar-refractivity contribution in [2.24, 2.45) is 0 Å². The van der Waals surface area contributed by atoms with Crippen LogP contribution in [0.1, 0.15) is 17.3 Å². The van der Waals surface area contributed by atoms with Crippen LogP contribution in [0.25, 0.3) is 0 Å². The standard InChI is InChI=1S/C11H14N2O4S/c1-2-17-6-5-13-11(14)9-4-3-8(12)7-10(9)18(13,15)16/h3-4,7H,2,5-6,12H2,1H3. The molecule has 0 aliphatic carbocycles. The maximum absolute atomic E-state index is 12.1. The number of fused-ring (bicyclic) bond motifs is 1.